The van der Waals surface area contributed by atoms with Gasteiger partial charge in [0.15, 0.2) is 11.5 Å². The first-order valence-electron chi connectivity index (χ1n) is 9.09. The monoisotopic (exact) mass is 395 g/mol. The van der Waals surface area contributed by atoms with E-state index in [-0.39, 0.29) is 18.4 Å². The largest absolute Gasteiger partial charge is 0.490 e. The normalized spacial score (nSPS) is 12.4. The quantitative estimate of drug-likeness (QED) is 0.690. The average Bonchev–Trinajstić information content (AvgIpc) is 2.63. The Bertz CT molecular complexity index is 806. The number of amides is 1. The predicted octanol–water partition coefficient (Wildman–Crippen LogP) is 4.92. The molecule has 2 aromatic carbocycles. The number of rotatable bonds is 8. The smallest absolute Gasteiger partial charge is 0.416 e. The van der Waals surface area contributed by atoms with Gasteiger partial charge in [-0.15, -0.1) is 0 Å². The summed E-state index contributed by atoms with van der Waals surface area (Å²) in [6.07, 6.45) is -4.57. The van der Waals surface area contributed by atoms with Crippen molar-refractivity contribution in [2.45, 2.75) is 39.4 Å². The van der Waals surface area contributed by atoms with Crippen molar-refractivity contribution in [1.82, 2.24) is 5.32 Å². The fourth-order valence-electron chi connectivity index (χ4n) is 2.76. The Morgan fingerprint density at radius 3 is 2.36 bits per heavy atom. The maximum absolute atomic E-state index is 12.8. The molecule has 0 aliphatic rings. The summed E-state index contributed by atoms with van der Waals surface area (Å²) in [5, 5.41) is 2.81. The highest BCUT2D eigenvalue weighted by atomic mass is 19.4. The van der Waals surface area contributed by atoms with Crippen LogP contribution in [-0.2, 0) is 17.4 Å². The zero-order chi connectivity index (χ0) is 20.7. The number of benzene rings is 2. The summed E-state index contributed by atoms with van der Waals surface area (Å²) in [7, 11) is 0. The Balaban J connectivity index is 2.07. The Labute approximate surface area is 162 Å². The molecule has 0 saturated carbocycles. The molecule has 0 heterocycles. The lowest BCUT2D eigenvalue weighted by atomic mass is 10.1. The van der Waals surface area contributed by atoms with Crippen LogP contribution in [0, 0.1) is 0 Å². The molecule has 2 aromatic rings. The molecule has 4 nitrogen and oxygen atoms in total. The van der Waals surface area contributed by atoms with Gasteiger partial charge < -0.3 is 14.8 Å². The molecule has 0 saturated heterocycles. The van der Waals surface area contributed by atoms with E-state index in [4.69, 9.17) is 9.47 Å². The van der Waals surface area contributed by atoms with Crippen LogP contribution in [0.15, 0.2) is 42.5 Å². The maximum Gasteiger partial charge on any atom is 0.416 e. The third-order valence-electron chi connectivity index (χ3n) is 4.06. The molecule has 7 heteroatoms. The van der Waals surface area contributed by atoms with Crippen molar-refractivity contribution in [1.29, 1.82) is 0 Å². The van der Waals surface area contributed by atoms with Gasteiger partial charge in [0.1, 0.15) is 0 Å². The lowest BCUT2D eigenvalue weighted by Gasteiger charge is -2.18. The fourth-order valence-corrected chi connectivity index (χ4v) is 2.76. The van der Waals surface area contributed by atoms with Gasteiger partial charge >= 0.3 is 6.18 Å². The van der Waals surface area contributed by atoms with Gasteiger partial charge in [-0.1, -0.05) is 24.3 Å². The molecule has 0 bridgehead atoms. The van der Waals surface area contributed by atoms with E-state index in [2.05, 4.69) is 5.32 Å². The molecular formula is C21H24F3NO3. The maximum atomic E-state index is 12.8. The zero-order valence-electron chi connectivity index (χ0n) is 16.1. The number of hydrogen-bond acceptors (Lipinski definition) is 3. The van der Waals surface area contributed by atoms with Gasteiger partial charge in [0.05, 0.1) is 31.2 Å². The second kappa shape index (κ2) is 9.48. The number of hydrogen-bond donors (Lipinski definition) is 1. The average molecular weight is 395 g/mol. The standard InChI is InChI=1S/C21H24F3NO3/c1-4-27-18-10-9-16(13-19(18)28-5-2)14(3)25-20(26)12-15-7-6-8-17(11-15)21(22,23)24/h6-11,13-14H,4-5,12H2,1-3H3,(H,25,26)/t14-/m0/s1. The van der Waals surface area contributed by atoms with Crippen LogP contribution in [0.25, 0.3) is 0 Å². The lowest BCUT2D eigenvalue weighted by Crippen LogP contribution is -2.28. The SMILES string of the molecule is CCOc1ccc([C@H](C)NC(=O)Cc2cccc(C(F)(F)F)c2)cc1OCC. The van der Waals surface area contributed by atoms with Crippen LogP contribution in [0.2, 0.25) is 0 Å². The molecule has 152 valence electrons. The molecule has 1 N–H and O–H groups in total. The van der Waals surface area contributed by atoms with Crippen LogP contribution in [-0.4, -0.2) is 19.1 Å². The van der Waals surface area contributed by atoms with Crippen molar-refractivity contribution in [2.75, 3.05) is 13.2 Å². The fraction of sp³-hybridized carbons (Fsp3) is 0.381. The minimum Gasteiger partial charge on any atom is -0.490 e. The van der Waals surface area contributed by atoms with Crippen LogP contribution in [0.4, 0.5) is 13.2 Å². The van der Waals surface area contributed by atoms with Crippen molar-refractivity contribution in [3.63, 3.8) is 0 Å². The molecule has 0 fully saturated rings. The molecular weight excluding hydrogens is 371 g/mol. The van der Waals surface area contributed by atoms with Crippen molar-refractivity contribution >= 4 is 5.91 Å². The van der Waals surface area contributed by atoms with Gasteiger partial charge in [-0.3, -0.25) is 4.79 Å². The minimum atomic E-state index is -4.43. The first-order chi connectivity index (χ1) is 13.2. The van der Waals surface area contributed by atoms with Crippen molar-refractivity contribution in [2.24, 2.45) is 0 Å². The van der Waals surface area contributed by atoms with E-state index >= 15 is 0 Å². The molecule has 0 unspecified atom stereocenters. The van der Waals surface area contributed by atoms with Gasteiger partial charge in [-0.05, 0) is 50.1 Å². The van der Waals surface area contributed by atoms with Crippen molar-refractivity contribution < 1.29 is 27.4 Å². The lowest BCUT2D eigenvalue weighted by molar-refractivity contribution is -0.137. The second-order valence-electron chi connectivity index (χ2n) is 6.24. The van der Waals surface area contributed by atoms with E-state index in [1.165, 1.54) is 12.1 Å². The van der Waals surface area contributed by atoms with Crippen LogP contribution in [0.1, 0.15) is 43.5 Å². The molecule has 28 heavy (non-hydrogen) atoms. The number of nitrogens with one attached hydrogen (secondary N) is 1. The highest BCUT2D eigenvalue weighted by Gasteiger charge is 2.30. The first kappa shape index (κ1) is 21.6. The van der Waals surface area contributed by atoms with E-state index in [1.54, 1.807) is 19.1 Å². The Morgan fingerprint density at radius 2 is 1.71 bits per heavy atom. The summed E-state index contributed by atoms with van der Waals surface area (Å²) in [4.78, 5) is 12.3. The molecule has 0 spiro atoms. The van der Waals surface area contributed by atoms with E-state index < -0.39 is 11.7 Å². The van der Waals surface area contributed by atoms with Gasteiger partial charge in [-0.2, -0.15) is 13.2 Å². The Hall–Kier alpha value is -2.70. The van der Waals surface area contributed by atoms with Gasteiger partial charge in [-0.25, -0.2) is 0 Å². The summed E-state index contributed by atoms with van der Waals surface area (Å²) in [5.74, 6) is 0.843. The van der Waals surface area contributed by atoms with Crippen LogP contribution < -0.4 is 14.8 Å². The van der Waals surface area contributed by atoms with E-state index in [0.717, 1.165) is 17.7 Å². The molecule has 1 atom stereocenters. The van der Waals surface area contributed by atoms with E-state index in [9.17, 15) is 18.0 Å². The number of halogens is 3. The molecule has 0 aliphatic carbocycles. The Kier molecular flexibility index (Phi) is 7.31. The third-order valence-corrected chi connectivity index (χ3v) is 4.06. The summed E-state index contributed by atoms with van der Waals surface area (Å²) in [6.45, 7) is 6.51. The topological polar surface area (TPSA) is 47.6 Å². The van der Waals surface area contributed by atoms with E-state index in [0.29, 0.717) is 30.3 Å². The molecule has 2 rings (SSSR count). The number of carbonyl (C=O) groups is 1. The third kappa shape index (κ3) is 5.90. The second-order valence-corrected chi connectivity index (χ2v) is 6.24. The van der Waals surface area contributed by atoms with Gasteiger partial charge in [0.2, 0.25) is 5.91 Å². The zero-order valence-corrected chi connectivity index (χ0v) is 16.1. The number of ether oxygens (including phenoxy) is 2. The minimum absolute atomic E-state index is 0.135. The highest BCUT2D eigenvalue weighted by molar-refractivity contribution is 5.79. The van der Waals surface area contributed by atoms with Gasteiger partial charge in [0, 0.05) is 0 Å². The summed E-state index contributed by atoms with van der Waals surface area (Å²) in [5.41, 5.74) is 0.351. The Morgan fingerprint density at radius 1 is 1.04 bits per heavy atom. The molecule has 0 aromatic heterocycles. The number of alkyl halides is 3. The summed E-state index contributed by atoms with van der Waals surface area (Å²) in [6, 6.07) is 9.84. The van der Waals surface area contributed by atoms with Gasteiger partial charge in [0.25, 0.3) is 0 Å². The molecule has 0 radical (unpaired) electrons. The highest BCUT2D eigenvalue weighted by Crippen LogP contribution is 2.31. The summed E-state index contributed by atoms with van der Waals surface area (Å²) < 4.78 is 49.5. The first-order valence-corrected chi connectivity index (χ1v) is 9.09. The van der Waals surface area contributed by atoms with Crippen LogP contribution >= 0.6 is 0 Å². The van der Waals surface area contributed by atoms with E-state index in [1.807, 2.05) is 19.9 Å². The predicted molar refractivity (Wildman–Crippen MR) is 100 cm³/mol. The number of carbonyl (C=O) groups excluding carboxylic acids is 1. The summed E-state index contributed by atoms with van der Waals surface area (Å²) >= 11 is 0. The molecule has 0 aliphatic heterocycles. The van der Waals surface area contributed by atoms with Crippen molar-refractivity contribution in [3.05, 3.63) is 59.2 Å². The van der Waals surface area contributed by atoms with Crippen LogP contribution in [0.3, 0.4) is 0 Å². The van der Waals surface area contributed by atoms with Crippen molar-refractivity contribution in [3.8, 4) is 11.5 Å². The molecule has 1 amide bonds. The van der Waals surface area contributed by atoms with Crippen LogP contribution in [0.5, 0.6) is 11.5 Å².